The van der Waals surface area contributed by atoms with Gasteiger partial charge in [-0.25, -0.2) is 9.97 Å². The van der Waals surface area contributed by atoms with E-state index in [1.54, 1.807) is 18.2 Å². The standard InChI is InChI=1S/C26H28N6O3/c1-2-20(18-8-4-3-5-9-18)26(35)32-16-11-19(12-17-32)30-25(34)22-23(29-15-14-28-22)31-24(33)21-10-6-7-13-27-21/h3-10,13-15,19-20H,2,11-12,16-17H2,1H3,(H,30,34)(H,29,31,33). The van der Waals surface area contributed by atoms with E-state index < -0.39 is 11.8 Å². The van der Waals surface area contributed by atoms with Gasteiger partial charge in [-0.3, -0.25) is 19.4 Å². The van der Waals surface area contributed by atoms with Gasteiger partial charge in [-0.2, -0.15) is 0 Å². The molecule has 0 bridgehead atoms. The van der Waals surface area contributed by atoms with Gasteiger partial charge < -0.3 is 15.5 Å². The van der Waals surface area contributed by atoms with Crippen LogP contribution in [0.15, 0.2) is 67.1 Å². The monoisotopic (exact) mass is 472 g/mol. The number of carbonyl (C=O) groups excluding carboxylic acids is 3. The van der Waals surface area contributed by atoms with E-state index in [-0.39, 0.29) is 35.1 Å². The molecular weight excluding hydrogens is 444 g/mol. The number of hydrogen-bond acceptors (Lipinski definition) is 6. The Hall–Kier alpha value is -4.14. The maximum atomic E-state index is 13.1. The Morgan fingerprint density at radius 3 is 2.31 bits per heavy atom. The smallest absolute Gasteiger partial charge is 0.275 e. The molecule has 0 spiro atoms. The molecule has 1 fully saturated rings. The van der Waals surface area contributed by atoms with Crippen LogP contribution < -0.4 is 10.6 Å². The molecule has 35 heavy (non-hydrogen) atoms. The van der Waals surface area contributed by atoms with Crippen LogP contribution in [0, 0.1) is 0 Å². The van der Waals surface area contributed by atoms with Crippen LogP contribution in [0.1, 0.15) is 58.6 Å². The predicted molar refractivity (Wildman–Crippen MR) is 131 cm³/mol. The highest BCUT2D eigenvalue weighted by atomic mass is 16.2. The molecule has 2 N–H and O–H groups in total. The Bertz CT molecular complexity index is 1160. The van der Waals surface area contributed by atoms with Gasteiger partial charge in [0.1, 0.15) is 5.69 Å². The molecule has 1 saturated heterocycles. The molecule has 3 amide bonds. The highest BCUT2D eigenvalue weighted by Crippen LogP contribution is 2.24. The second-order valence-corrected chi connectivity index (χ2v) is 8.37. The minimum absolute atomic E-state index is 0.0328. The number of nitrogens with zero attached hydrogens (tertiary/aromatic N) is 4. The van der Waals surface area contributed by atoms with Gasteiger partial charge in [-0.05, 0) is 37.0 Å². The summed E-state index contributed by atoms with van der Waals surface area (Å²) in [6.07, 6.45) is 6.34. The lowest BCUT2D eigenvalue weighted by atomic mass is 9.93. The van der Waals surface area contributed by atoms with E-state index in [4.69, 9.17) is 0 Å². The predicted octanol–water partition coefficient (Wildman–Crippen LogP) is 3.04. The fourth-order valence-electron chi connectivity index (χ4n) is 4.22. The number of carbonyl (C=O) groups is 3. The van der Waals surface area contributed by atoms with Crippen LogP contribution in [-0.4, -0.2) is 56.7 Å². The summed E-state index contributed by atoms with van der Waals surface area (Å²) in [6.45, 7) is 3.15. The first-order valence-electron chi connectivity index (χ1n) is 11.7. The number of nitrogens with one attached hydrogen (secondary N) is 2. The van der Waals surface area contributed by atoms with Crippen LogP contribution in [0.5, 0.6) is 0 Å². The van der Waals surface area contributed by atoms with Gasteiger partial charge in [0.25, 0.3) is 11.8 Å². The number of rotatable bonds is 7. The molecule has 0 radical (unpaired) electrons. The Balaban J connectivity index is 1.35. The van der Waals surface area contributed by atoms with Crippen molar-refractivity contribution in [3.8, 4) is 0 Å². The summed E-state index contributed by atoms with van der Waals surface area (Å²) < 4.78 is 0. The molecule has 3 heterocycles. The fourth-order valence-corrected chi connectivity index (χ4v) is 4.22. The highest BCUT2D eigenvalue weighted by molar-refractivity contribution is 6.06. The molecule has 3 aromatic rings. The Morgan fingerprint density at radius 2 is 1.63 bits per heavy atom. The van der Waals surface area contributed by atoms with Gasteiger partial charge in [0.2, 0.25) is 5.91 Å². The molecule has 9 nitrogen and oxygen atoms in total. The lowest BCUT2D eigenvalue weighted by molar-refractivity contribution is -0.134. The van der Waals surface area contributed by atoms with E-state index in [1.807, 2.05) is 42.2 Å². The van der Waals surface area contributed by atoms with Gasteiger partial charge in [-0.15, -0.1) is 0 Å². The SMILES string of the molecule is CCC(C(=O)N1CCC(NC(=O)c2nccnc2NC(=O)c2ccccn2)CC1)c1ccccc1. The van der Waals surface area contributed by atoms with Crippen molar-refractivity contribution >= 4 is 23.5 Å². The first-order valence-corrected chi connectivity index (χ1v) is 11.7. The van der Waals surface area contributed by atoms with Gasteiger partial charge in [0.15, 0.2) is 11.5 Å². The largest absolute Gasteiger partial charge is 0.348 e. The maximum Gasteiger partial charge on any atom is 0.275 e. The molecule has 9 heteroatoms. The molecule has 1 aliphatic heterocycles. The van der Waals surface area contributed by atoms with Crippen LogP contribution in [0.4, 0.5) is 5.82 Å². The first kappa shape index (κ1) is 24.0. The number of amides is 3. The topological polar surface area (TPSA) is 117 Å². The molecule has 4 rings (SSSR count). The summed E-state index contributed by atoms with van der Waals surface area (Å²) in [5.41, 5.74) is 1.27. The van der Waals surface area contributed by atoms with Crippen LogP contribution in [0.3, 0.4) is 0 Å². The summed E-state index contributed by atoms with van der Waals surface area (Å²) in [5, 5.41) is 5.59. The van der Waals surface area contributed by atoms with Crippen LogP contribution in [0.25, 0.3) is 0 Å². The number of benzene rings is 1. The van der Waals surface area contributed by atoms with E-state index in [0.29, 0.717) is 25.9 Å². The maximum absolute atomic E-state index is 13.1. The zero-order chi connectivity index (χ0) is 24.6. The normalized spacial score (nSPS) is 14.7. The Kier molecular flexibility index (Phi) is 7.77. The third kappa shape index (κ3) is 5.87. The second-order valence-electron chi connectivity index (χ2n) is 8.37. The van der Waals surface area contributed by atoms with Gasteiger partial charge in [0.05, 0.1) is 5.92 Å². The van der Waals surface area contributed by atoms with Gasteiger partial charge in [0, 0.05) is 37.7 Å². The van der Waals surface area contributed by atoms with Gasteiger partial charge in [-0.1, -0.05) is 43.3 Å². The summed E-state index contributed by atoms with van der Waals surface area (Å²) in [6, 6.07) is 14.7. The van der Waals surface area contributed by atoms with Crippen molar-refractivity contribution in [1.29, 1.82) is 0 Å². The van der Waals surface area contributed by atoms with Crippen molar-refractivity contribution < 1.29 is 14.4 Å². The second kappa shape index (κ2) is 11.3. The summed E-state index contributed by atoms with van der Waals surface area (Å²) >= 11 is 0. The molecule has 1 unspecified atom stereocenters. The molecule has 2 aromatic heterocycles. The quantitative estimate of drug-likeness (QED) is 0.546. The molecular formula is C26H28N6O3. The summed E-state index contributed by atoms with van der Waals surface area (Å²) in [5.74, 6) is -0.864. The van der Waals surface area contributed by atoms with Crippen molar-refractivity contribution in [2.24, 2.45) is 0 Å². The number of pyridine rings is 1. The van der Waals surface area contributed by atoms with Crippen molar-refractivity contribution in [2.75, 3.05) is 18.4 Å². The highest BCUT2D eigenvalue weighted by Gasteiger charge is 2.29. The van der Waals surface area contributed by atoms with E-state index in [1.165, 1.54) is 18.6 Å². The average Bonchev–Trinajstić information content (AvgIpc) is 2.91. The van der Waals surface area contributed by atoms with Crippen LogP contribution in [-0.2, 0) is 4.79 Å². The van der Waals surface area contributed by atoms with E-state index in [2.05, 4.69) is 25.6 Å². The minimum Gasteiger partial charge on any atom is -0.348 e. The third-order valence-electron chi connectivity index (χ3n) is 6.09. The molecule has 180 valence electrons. The molecule has 0 saturated carbocycles. The van der Waals surface area contributed by atoms with Crippen LogP contribution >= 0.6 is 0 Å². The van der Waals surface area contributed by atoms with Crippen molar-refractivity contribution in [3.63, 3.8) is 0 Å². The number of piperidine rings is 1. The summed E-state index contributed by atoms with van der Waals surface area (Å²) in [4.78, 5) is 52.6. The zero-order valence-electron chi connectivity index (χ0n) is 19.6. The number of aromatic nitrogens is 3. The number of hydrogen-bond donors (Lipinski definition) is 2. The molecule has 1 aromatic carbocycles. The average molecular weight is 473 g/mol. The van der Waals surface area contributed by atoms with E-state index >= 15 is 0 Å². The molecule has 1 atom stereocenters. The lowest BCUT2D eigenvalue weighted by Crippen LogP contribution is -2.48. The van der Waals surface area contributed by atoms with Crippen molar-refractivity contribution in [1.82, 2.24) is 25.2 Å². The van der Waals surface area contributed by atoms with Crippen molar-refractivity contribution in [3.05, 3.63) is 84.1 Å². The Labute approximate surface area is 204 Å². The van der Waals surface area contributed by atoms with E-state index in [9.17, 15) is 14.4 Å². The minimum atomic E-state index is -0.476. The number of anilines is 1. The number of likely N-dealkylation sites (tertiary alicyclic amines) is 1. The van der Waals surface area contributed by atoms with Gasteiger partial charge >= 0.3 is 0 Å². The molecule has 1 aliphatic rings. The third-order valence-corrected chi connectivity index (χ3v) is 6.09. The summed E-state index contributed by atoms with van der Waals surface area (Å²) in [7, 11) is 0. The lowest BCUT2D eigenvalue weighted by Gasteiger charge is -2.34. The van der Waals surface area contributed by atoms with E-state index in [0.717, 1.165) is 12.0 Å². The van der Waals surface area contributed by atoms with Crippen molar-refractivity contribution in [2.45, 2.75) is 38.1 Å². The first-order chi connectivity index (χ1) is 17.1. The van der Waals surface area contributed by atoms with Crippen LogP contribution in [0.2, 0.25) is 0 Å². The molecule has 0 aliphatic carbocycles. The Morgan fingerprint density at radius 1 is 0.914 bits per heavy atom. The zero-order valence-corrected chi connectivity index (χ0v) is 19.6. The fraction of sp³-hybridized carbons (Fsp3) is 0.308.